The first kappa shape index (κ1) is 17.1. The van der Waals surface area contributed by atoms with E-state index in [1.807, 2.05) is 0 Å². The first-order valence-corrected chi connectivity index (χ1v) is 8.87. The smallest absolute Gasteiger partial charge is 0.303 e. The lowest BCUT2D eigenvalue weighted by Gasteiger charge is -2.16. The highest BCUT2D eigenvalue weighted by Gasteiger charge is 2.27. The summed E-state index contributed by atoms with van der Waals surface area (Å²) in [5.41, 5.74) is 0. The van der Waals surface area contributed by atoms with Crippen molar-refractivity contribution in [3.05, 3.63) is 23.2 Å². The van der Waals surface area contributed by atoms with Gasteiger partial charge in [0.05, 0.1) is 16.5 Å². The van der Waals surface area contributed by atoms with Crippen LogP contribution >= 0.6 is 11.6 Å². The van der Waals surface area contributed by atoms with Gasteiger partial charge >= 0.3 is 5.97 Å². The van der Waals surface area contributed by atoms with E-state index in [-0.39, 0.29) is 22.9 Å². The van der Waals surface area contributed by atoms with E-state index in [4.69, 9.17) is 21.4 Å². The number of halogens is 1. The zero-order chi connectivity index (χ0) is 16.2. The summed E-state index contributed by atoms with van der Waals surface area (Å²) in [5.74, 6) is -0.533. The normalized spacial score (nSPS) is 15.9. The van der Waals surface area contributed by atoms with Gasteiger partial charge in [0, 0.05) is 19.5 Å². The van der Waals surface area contributed by atoms with Gasteiger partial charge in [0.2, 0.25) is 10.0 Å². The number of nitrogens with zero attached hydrogens (tertiary/aromatic N) is 1. The van der Waals surface area contributed by atoms with Crippen LogP contribution in [-0.4, -0.2) is 43.5 Å². The molecule has 0 saturated carbocycles. The molecule has 0 unspecified atom stereocenters. The van der Waals surface area contributed by atoms with Gasteiger partial charge in [-0.05, 0) is 37.5 Å². The van der Waals surface area contributed by atoms with Crippen LogP contribution in [0.4, 0.5) is 0 Å². The topological polar surface area (TPSA) is 83.9 Å². The Hall–Kier alpha value is -1.31. The number of benzene rings is 1. The van der Waals surface area contributed by atoms with Crippen LogP contribution in [0.25, 0.3) is 0 Å². The van der Waals surface area contributed by atoms with E-state index in [2.05, 4.69) is 0 Å². The van der Waals surface area contributed by atoms with Gasteiger partial charge < -0.3 is 9.84 Å². The lowest BCUT2D eigenvalue weighted by molar-refractivity contribution is -0.137. The molecule has 1 aromatic rings. The molecule has 6 nitrogen and oxygen atoms in total. The molecule has 1 aromatic carbocycles. The maximum absolute atomic E-state index is 12.4. The number of sulfonamides is 1. The zero-order valence-corrected chi connectivity index (χ0v) is 13.6. The van der Waals surface area contributed by atoms with Gasteiger partial charge in [-0.1, -0.05) is 11.6 Å². The second-order valence-corrected chi connectivity index (χ2v) is 7.39. The van der Waals surface area contributed by atoms with E-state index in [1.165, 1.54) is 22.5 Å². The Bertz CT molecular complexity index is 641. The average molecular weight is 348 g/mol. The van der Waals surface area contributed by atoms with Crippen LogP contribution in [0, 0.1) is 0 Å². The highest BCUT2D eigenvalue weighted by molar-refractivity contribution is 7.89. The molecule has 0 aromatic heterocycles. The Kier molecular flexibility index (Phi) is 5.66. The van der Waals surface area contributed by atoms with Crippen molar-refractivity contribution in [3.8, 4) is 5.75 Å². The van der Waals surface area contributed by atoms with E-state index in [0.29, 0.717) is 25.3 Å². The predicted molar refractivity (Wildman–Crippen MR) is 81.8 cm³/mol. The number of rotatable bonds is 7. The molecule has 0 radical (unpaired) electrons. The Balaban J connectivity index is 2.04. The molecule has 22 heavy (non-hydrogen) atoms. The third-order valence-corrected chi connectivity index (χ3v) is 5.59. The largest absolute Gasteiger partial charge is 0.492 e. The number of aliphatic carboxylic acids is 1. The molecule has 0 atom stereocenters. The Morgan fingerprint density at radius 1 is 1.32 bits per heavy atom. The molecule has 1 heterocycles. The molecule has 1 aliphatic rings. The lowest BCUT2D eigenvalue weighted by Crippen LogP contribution is -2.27. The van der Waals surface area contributed by atoms with Crippen LogP contribution in [0.1, 0.15) is 25.7 Å². The van der Waals surface area contributed by atoms with Crippen LogP contribution in [0.15, 0.2) is 23.1 Å². The fourth-order valence-corrected chi connectivity index (χ4v) is 4.09. The first-order valence-electron chi connectivity index (χ1n) is 7.05. The quantitative estimate of drug-likeness (QED) is 0.765. The molecule has 2 rings (SSSR count). The van der Waals surface area contributed by atoms with Gasteiger partial charge in [-0.2, -0.15) is 4.31 Å². The summed E-state index contributed by atoms with van der Waals surface area (Å²) in [6, 6.07) is 4.35. The number of hydrogen-bond acceptors (Lipinski definition) is 4. The van der Waals surface area contributed by atoms with Crippen molar-refractivity contribution in [2.75, 3.05) is 19.7 Å². The Morgan fingerprint density at radius 2 is 2.00 bits per heavy atom. The third-order valence-electron chi connectivity index (χ3n) is 3.40. The van der Waals surface area contributed by atoms with Crippen LogP contribution < -0.4 is 4.74 Å². The monoisotopic (exact) mass is 347 g/mol. The maximum atomic E-state index is 12.4. The van der Waals surface area contributed by atoms with Crippen molar-refractivity contribution >= 4 is 27.6 Å². The second-order valence-electron chi connectivity index (χ2n) is 5.05. The molecule has 0 aliphatic carbocycles. The summed E-state index contributed by atoms with van der Waals surface area (Å²) in [6.07, 6.45) is 2.12. The third kappa shape index (κ3) is 4.12. The van der Waals surface area contributed by atoms with Crippen LogP contribution in [0.3, 0.4) is 0 Å². The number of ether oxygens (including phenoxy) is 1. The molecule has 1 N–H and O–H groups in total. The molecular weight excluding hydrogens is 330 g/mol. The van der Waals surface area contributed by atoms with Gasteiger partial charge in [0.15, 0.2) is 0 Å². The van der Waals surface area contributed by atoms with E-state index >= 15 is 0 Å². The highest BCUT2D eigenvalue weighted by atomic mass is 35.5. The van der Waals surface area contributed by atoms with Crippen molar-refractivity contribution in [2.24, 2.45) is 0 Å². The zero-order valence-electron chi connectivity index (χ0n) is 12.0. The average Bonchev–Trinajstić information content (AvgIpc) is 2.99. The molecular formula is C14H18ClNO5S. The molecule has 8 heteroatoms. The summed E-state index contributed by atoms with van der Waals surface area (Å²) in [5, 5.41) is 8.75. The minimum Gasteiger partial charge on any atom is -0.492 e. The van der Waals surface area contributed by atoms with E-state index in [9.17, 15) is 13.2 Å². The van der Waals surface area contributed by atoms with Crippen molar-refractivity contribution < 1.29 is 23.1 Å². The summed E-state index contributed by atoms with van der Waals surface area (Å²) in [4.78, 5) is 10.6. The van der Waals surface area contributed by atoms with Crippen LogP contribution in [0.5, 0.6) is 5.75 Å². The standard InChI is InChI=1S/C14H18ClNO5S/c15-12-10-11(22(19,20)16-7-1-2-8-16)5-6-13(12)21-9-3-4-14(17)18/h5-6,10H,1-4,7-9H2,(H,17,18). The van der Waals surface area contributed by atoms with Gasteiger partial charge in [-0.15, -0.1) is 0 Å². The fraction of sp³-hybridized carbons (Fsp3) is 0.500. The summed E-state index contributed by atoms with van der Waals surface area (Å²) < 4.78 is 31.6. The van der Waals surface area contributed by atoms with Gasteiger partial charge in [0.1, 0.15) is 5.75 Å². The number of carbonyl (C=O) groups is 1. The highest BCUT2D eigenvalue weighted by Crippen LogP contribution is 2.30. The van der Waals surface area contributed by atoms with Crippen LogP contribution in [0.2, 0.25) is 5.02 Å². The fourth-order valence-electron chi connectivity index (χ4n) is 2.24. The summed E-state index contributed by atoms with van der Waals surface area (Å²) in [6.45, 7) is 1.28. The molecule has 1 aliphatic heterocycles. The summed E-state index contributed by atoms with van der Waals surface area (Å²) in [7, 11) is -3.50. The van der Waals surface area contributed by atoms with E-state index < -0.39 is 16.0 Å². The number of carboxylic acid groups (broad SMARTS) is 1. The lowest BCUT2D eigenvalue weighted by atomic mass is 10.3. The first-order chi connectivity index (χ1) is 10.4. The predicted octanol–water partition coefficient (Wildman–Crippen LogP) is 2.37. The minimum absolute atomic E-state index is 0.0129. The van der Waals surface area contributed by atoms with Crippen molar-refractivity contribution in [1.82, 2.24) is 4.31 Å². The van der Waals surface area contributed by atoms with Crippen molar-refractivity contribution in [2.45, 2.75) is 30.6 Å². The summed E-state index contributed by atoms with van der Waals surface area (Å²) >= 11 is 6.06. The second kappa shape index (κ2) is 7.30. The minimum atomic E-state index is -3.50. The van der Waals surface area contributed by atoms with Crippen LogP contribution in [-0.2, 0) is 14.8 Å². The van der Waals surface area contributed by atoms with Crippen molar-refractivity contribution in [3.63, 3.8) is 0 Å². The maximum Gasteiger partial charge on any atom is 0.303 e. The molecule has 1 saturated heterocycles. The SMILES string of the molecule is O=C(O)CCCOc1ccc(S(=O)(=O)N2CCCC2)cc1Cl. The van der Waals surface area contributed by atoms with Gasteiger partial charge in [0.25, 0.3) is 0 Å². The van der Waals surface area contributed by atoms with Crippen molar-refractivity contribution in [1.29, 1.82) is 0 Å². The Labute approximate surface area is 134 Å². The van der Waals surface area contributed by atoms with E-state index in [0.717, 1.165) is 12.8 Å². The number of hydrogen-bond donors (Lipinski definition) is 1. The molecule has 1 fully saturated rings. The number of carboxylic acids is 1. The Morgan fingerprint density at radius 3 is 2.59 bits per heavy atom. The molecule has 0 spiro atoms. The molecule has 0 amide bonds. The van der Waals surface area contributed by atoms with Gasteiger partial charge in [-0.3, -0.25) is 4.79 Å². The van der Waals surface area contributed by atoms with E-state index in [1.54, 1.807) is 0 Å². The molecule has 0 bridgehead atoms. The van der Waals surface area contributed by atoms with Gasteiger partial charge in [-0.25, -0.2) is 8.42 Å². The molecule has 122 valence electrons.